The molecule has 0 amide bonds. The normalized spacial score (nSPS) is 14.8. The molecular weight excluding hydrogens is 446 g/mol. The van der Waals surface area contributed by atoms with Gasteiger partial charge in [0, 0.05) is 31.7 Å². The van der Waals surface area contributed by atoms with E-state index in [2.05, 4.69) is 61.3 Å². The van der Waals surface area contributed by atoms with Gasteiger partial charge in [-0.1, -0.05) is 42.8 Å². The Morgan fingerprint density at radius 2 is 1.68 bits per heavy atom. The molecule has 1 nitrogen and oxygen atoms in total. The van der Waals surface area contributed by atoms with E-state index in [9.17, 15) is 0 Å². The molecule has 1 radical (unpaired) electrons. The van der Waals surface area contributed by atoms with Crippen LogP contribution in [0.4, 0.5) is 0 Å². The summed E-state index contributed by atoms with van der Waals surface area (Å²) < 4.78 is 0. The van der Waals surface area contributed by atoms with E-state index in [4.69, 9.17) is 0 Å². The van der Waals surface area contributed by atoms with E-state index in [1.165, 1.54) is 32.7 Å². The minimum atomic E-state index is 0. The zero-order valence-corrected chi connectivity index (χ0v) is 14.8. The van der Waals surface area contributed by atoms with Crippen molar-refractivity contribution in [3.63, 3.8) is 0 Å². The van der Waals surface area contributed by atoms with Crippen molar-refractivity contribution in [3.8, 4) is 0 Å². The molecule has 1 aliphatic rings. The average Bonchev–Trinajstić information content (AvgIpc) is 2.76. The van der Waals surface area contributed by atoms with Gasteiger partial charge in [0.15, 0.2) is 0 Å². The van der Waals surface area contributed by atoms with Crippen molar-refractivity contribution in [2.75, 3.05) is 0 Å². The van der Waals surface area contributed by atoms with Gasteiger partial charge in [0.1, 0.15) is 0 Å². The number of hydrogen-bond donors (Lipinski definition) is 0. The molecule has 2 heteroatoms. The third-order valence-corrected chi connectivity index (χ3v) is 5.00. The molecule has 0 saturated carbocycles. The van der Waals surface area contributed by atoms with Gasteiger partial charge < -0.3 is 4.98 Å². The topological polar surface area (TPSA) is 12.9 Å². The summed E-state index contributed by atoms with van der Waals surface area (Å²) in [6, 6.07) is 18.5. The smallest absolute Gasteiger partial charge is 0.0164 e. The molecule has 0 spiro atoms. The summed E-state index contributed by atoms with van der Waals surface area (Å²) in [7, 11) is 0. The van der Waals surface area contributed by atoms with Crippen LogP contribution in [0.1, 0.15) is 25.0 Å². The summed E-state index contributed by atoms with van der Waals surface area (Å²) in [6.45, 7) is 4.62. The first-order valence-corrected chi connectivity index (χ1v) is 7.34. The third-order valence-electron chi connectivity index (χ3n) is 5.00. The minimum Gasteiger partial charge on any atom is -0.304 e. The maximum atomic E-state index is 4.69. The summed E-state index contributed by atoms with van der Waals surface area (Å²) in [6.07, 6.45) is 1.94. The molecule has 0 saturated heterocycles. The van der Waals surface area contributed by atoms with Crippen LogP contribution in [0.2, 0.25) is 0 Å². The van der Waals surface area contributed by atoms with Crippen molar-refractivity contribution in [3.05, 3.63) is 65.9 Å². The largest absolute Gasteiger partial charge is 0.304 e. The van der Waals surface area contributed by atoms with Gasteiger partial charge in [-0.05, 0) is 33.5 Å². The molecule has 0 aliphatic heterocycles. The molecule has 109 valence electrons. The number of benzene rings is 3. The van der Waals surface area contributed by atoms with Crippen molar-refractivity contribution in [1.29, 1.82) is 0 Å². The zero-order valence-electron chi connectivity index (χ0n) is 12.4. The first-order chi connectivity index (χ1) is 10.2. The van der Waals surface area contributed by atoms with E-state index in [-0.39, 0.29) is 25.5 Å². The fourth-order valence-corrected chi connectivity index (χ4v) is 3.99. The molecule has 4 aromatic rings. The van der Waals surface area contributed by atoms with Gasteiger partial charge >= 0.3 is 0 Å². The molecule has 1 aliphatic carbocycles. The third kappa shape index (κ3) is 1.45. The molecule has 22 heavy (non-hydrogen) atoms. The number of fused-ring (bicyclic) bond motifs is 3. The first-order valence-electron chi connectivity index (χ1n) is 7.34. The second-order valence-corrected chi connectivity index (χ2v) is 6.39. The number of rotatable bonds is 0. The summed E-state index contributed by atoms with van der Waals surface area (Å²) in [5.74, 6) is 0. The number of pyridine rings is 1. The maximum Gasteiger partial charge on any atom is 0.0164 e. The predicted molar refractivity (Wildman–Crippen MR) is 87.7 cm³/mol. The molecular formula is C20H14IrN-. The number of nitrogens with zero attached hydrogens (tertiary/aromatic N) is 1. The molecule has 1 heterocycles. The molecule has 0 fully saturated rings. The second kappa shape index (κ2) is 4.38. The summed E-state index contributed by atoms with van der Waals surface area (Å²) in [5, 5.41) is 6.42. The van der Waals surface area contributed by atoms with E-state index in [1.54, 1.807) is 0 Å². The summed E-state index contributed by atoms with van der Waals surface area (Å²) in [4.78, 5) is 4.69. The Kier molecular flexibility index (Phi) is 2.76. The first kappa shape index (κ1) is 13.9. The maximum absolute atomic E-state index is 4.69. The monoisotopic (exact) mass is 461 g/mol. The number of aromatic nitrogens is 1. The van der Waals surface area contributed by atoms with Crippen LogP contribution >= 0.6 is 0 Å². The van der Waals surface area contributed by atoms with E-state index < -0.39 is 0 Å². The molecule has 0 atom stereocenters. The Labute approximate surface area is 142 Å². The van der Waals surface area contributed by atoms with E-state index in [1.807, 2.05) is 12.3 Å². The zero-order chi connectivity index (χ0) is 14.2. The van der Waals surface area contributed by atoms with E-state index in [0.29, 0.717) is 0 Å². The quantitative estimate of drug-likeness (QED) is 0.267. The van der Waals surface area contributed by atoms with Crippen LogP contribution in [0, 0.1) is 6.07 Å². The number of hydrogen-bond acceptors (Lipinski definition) is 1. The summed E-state index contributed by atoms with van der Waals surface area (Å²) in [5.41, 5.74) is 3.94. The van der Waals surface area contributed by atoms with Crippen LogP contribution in [0.15, 0.2) is 48.7 Å². The van der Waals surface area contributed by atoms with Crippen LogP contribution in [0.25, 0.3) is 32.4 Å². The van der Waals surface area contributed by atoms with Crippen molar-refractivity contribution in [2.24, 2.45) is 0 Å². The Morgan fingerprint density at radius 3 is 2.55 bits per heavy atom. The molecule has 0 unspecified atom stereocenters. The van der Waals surface area contributed by atoms with Crippen LogP contribution in [0.5, 0.6) is 0 Å². The van der Waals surface area contributed by atoms with Crippen molar-refractivity contribution in [1.82, 2.24) is 4.98 Å². The van der Waals surface area contributed by atoms with Gasteiger partial charge in [-0.2, -0.15) is 0 Å². The van der Waals surface area contributed by atoms with E-state index >= 15 is 0 Å². The Balaban J connectivity index is 0.00000125. The summed E-state index contributed by atoms with van der Waals surface area (Å²) >= 11 is 0. The van der Waals surface area contributed by atoms with Gasteiger partial charge in [0.2, 0.25) is 0 Å². The van der Waals surface area contributed by atoms with Crippen molar-refractivity contribution < 1.29 is 20.1 Å². The van der Waals surface area contributed by atoms with Gasteiger partial charge in [-0.25, -0.2) is 0 Å². The average molecular weight is 461 g/mol. The van der Waals surface area contributed by atoms with Crippen LogP contribution in [-0.2, 0) is 25.5 Å². The molecule has 3 aromatic carbocycles. The Morgan fingerprint density at radius 1 is 0.909 bits per heavy atom. The second-order valence-electron chi connectivity index (χ2n) is 6.39. The van der Waals surface area contributed by atoms with Gasteiger partial charge in [0.05, 0.1) is 0 Å². The minimum absolute atomic E-state index is 0. The molecule has 1 aromatic heterocycles. The predicted octanol–water partition coefficient (Wildman–Crippen LogP) is 4.98. The van der Waals surface area contributed by atoms with Crippen LogP contribution < -0.4 is 0 Å². The van der Waals surface area contributed by atoms with Crippen LogP contribution in [0.3, 0.4) is 0 Å². The van der Waals surface area contributed by atoms with Gasteiger partial charge in [-0.3, -0.25) is 0 Å². The van der Waals surface area contributed by atoms with Crippen molar-refractivity contribution in [2.45, 2.75) is 19.3 Å². The fraction of sp³-hybridized carbons (Fsp3) is 0.150. The van der Waals surface area contributed by atoms with Gasteiger partial charge in [-0.15, -0.1) is 29.7 Å². The van der Waals surface area contributed by atoms with Crippen LogP contribution in [-0.4, -0.2) is 4.98 Å². The fourth-order valence-electron chi connectivity index (χ4n) is 3.99. The Bertz CT molecular complexity index is 979. The Hall–Kier alpha value is -1.76. The van der Waals surface area contributed by atoms with Crippen molar-refractivity contribution >= 4 is 32.4 Å². The molecule has 0 N–H and O–H groups in total. The van der Waals surface area contributed by atoms with Gasteiger partial charge in [0.25, 0.3) is 0 Å². The van der Waals surface area contributed by atoms with E-state index in [0.717, 1.165) is 10.9 Å². The molecule has 5 rings (SSSR count). The standard InChI is InChI=1S/C20H14N.Ir/c1-20(2)15-9-5-8-13-12-6-3-4-7-14(12)19-18(17(13)15)16(20)10-11-21-19;/h3-6,8-11H,1-2H3;/q-1;. The molecule has 0 bridgehead atoms. The SMILES string of the molecule is CC1(C)c2cccc3c4ccc[c-]c4c4nccc1c4c23.[Ir].